The summed E-state index contributed by atoms with van der Waals surface area (Å²) in [6.07, 6.45) is 7.25. The SMILES string of the molecule is COC1CCCC(NC(C)c2ncc(C)s2)C1. The summed E-state index contributed by atoms with van der Waals surface area (Å²) in [5.41, 5.74) is 0. The summed E-state index contributed by atoms with van der Waals surface area (Å²) in [7, 11) is 1.82. The Kier molecular flexibility index (Phi) is 4.54. The summed E-state index contributed by atoms with van der Waals surface area (Å²) in [5.74, 6) is 0. The maximum atomic E-state index is 5.46. The molecule has 3 atom stereocenters. The molecule has 0 radical (unpaired) electrons. The van der Waals surface area contributed by atoms with Crippen molar-refractivity contribution in [2.24, 2.45) is 0 Å². The summed E-state index contributed by atoms with van der Waals surface area (Å²) >= 11 is 1.79. The van der Waals surface area contributed by atoms with Crippen molar-refractivity contribution in [3.63, 3.8) is 0 Å². The molecule has 0 bridgehead atoms. The predicted octanol–water partition coefficient (Wildman–Crippen LogP) is 3.06. The Morgan fingerprint density at radius 2 is 2.35 bits per heavy atom. The zero-order valence-corrected chi connectivity index (χ0v) is 11.7. The van der Waals surface area contributed by atoms with Crippen LogP contribution in [0.4, 0.5) is 0 Å². The summed E-state index contributed by atoms with van der Waals surface area (Å²) in [4.78, 5) is 5.73. The van der Waals surface area contributed by atoms with E-state index in [9.17, 15) is 0 Å². The quantitative estimate of drug-likeness (QED) is 0.896. The van der Waals surface area contributed by atoms with E-state index in [0.29, 0.717) is 18.2 Å². The minimum Gasteiger partial charge on any atom is -0.381 e. The third-order valence-corrected chi connectivity index (χ3v) is 4.55. The lowest BCUT2D eigenvalue weighted by atomic mass is 9.92. The predicted molar refractivity (Wildman–Crippen MR) is 71.5 cm³/mol. The van der Waals surface area contributed by atoms with Gasteiger partial charge >= 0.3 is 0 Å². The highest BCUT2D eigenvalue weighted by atomic mass is 32.1. The normalized spacial score (nSPS) is 27.0. The van der Waals surface area contributed by atoms with Gasteiger partial charge < -0.3 is 10.1 Å². The number of nitrogens with one attached hydrogen (secondary N) is 1. The van der Waals surface area contributed by atoms with Crippen LogP contribution in [0.25, 0.3) is 0 Å². The molecule has 4 heteroatoms. The van der Waals surface area contributed by atoms with E-state index in [-0.39, 0.29) is 0 Å². The molecule has 0 aromatic carbocycles. The second kappa shape index (κ2) is 5.94. The molecule has 17 heavy (non-hydrogen) atoms. The molecule has 1 fully saturated rings. The number of nitrogens with zero attached hydrogens (tertiary/aromatic N) is 1. The molecule has 1 heterocycles. The molecule has 96 valence electrons. The average molecular weight is 254 g/mol. The molecule has 1 aromatic heterocycles. The van der Waals surface area contributed by atoms with Crippen LogP contribution in [0.3, 0.4) is 0 Å². The molecule has 3 unspecified atom stereocenters. The Bertz CT molecular complexity index is 353. The van der Waals surface area contributed by atoms with Gasteiger partial charge in [0.15, 0.2) is 0 Å². The maximum absolute atomic E-state index is 5.46. The summed E-state index contributed by atoms with van der Waals surface area (Å²) in [6, 6.07) is 0.933. The van der Waals surface area contributed by atoms with E-state index >= 15 is 0 Å². The van der Waals surface area contributed by atoms with Crippen LogP contribution in [0.1, 0.15) is 48.5 Å². The fraction of sp³-hybridized carbons (Fsp3) is 0.769. The fourth-order valence-electron chi connectivity index (χ4n) is 2.51. The van der Waals surface area contributed by atoms with Gasteiger partial charge in [-0.3, -0.25) is 0 Å². The zero-order valence-electron chi connectivity index (χ0n) is 10.9. The topological polar surface area (TPSA) is 34.1 Å². The van der Waals surface area contributed by atoms with Gasteiger partial charge in [-0.25, -0.2) is 4.98 Å². The second-order valence-corrected chi connectivity index (χ2v) is 6.19. The highest BCUT2D eigenvalue weighted by Gasteiger charge is 2.23. The van der Waals surface area contributed by atoms with Crippen molar-refractivity contribution in [1.29, 1.82) is 0 Å². The molecule has 1 aromatic rings. The van der Waals surface area contributed by atoms with Gasteiger partial charge in [0.2, 0.25) is 0 Å². The first kappa shape index (κ1) is 13.0. The number of aromatic nitrogens is 1. The molecule has 1 N–H and O–H groups in total. The van der Waals surface area contributed by atoms with Crippen molar-refractivity contribution in [3.05, 3.63) is 16.1 Å². The third kappa shape index (κ3) is 3.50. The van der Waals surface area contributed by atoms with Crippen molar-refractivity contribution < 1.29 is 4.74 Å². The fourth-order valence-corrected chi connectivity index (χ4v) is 3.29. The lowest BCUT2D eigenvalue weighted by Crippen LogP contribution is -2.38. The Morgan fingerprint density at radius 3 is 3.00 bits per heavy atom. The summed E-state index contributed by atoms with van der Waals surface area (Å²) < 4.78 is 5.46. The van der Waals surface area contributed by atoms with Gasteiger partial charge in [-0.2, -0.15) is 0 Å². The molecule has 0 aliphatic heterocycles. The zero-order chi connectivity index (χ0) is 12.3. The van der Waals surface area contributed by atoms with Crippen LogP contribution in [0.15, 0.2) is 6.20 Å². The van der Waals surface area contributed by atoms with Crippen LogP contribution in [-0.2, 0) is 4.74 Å². The van der Waals surface area contributed by atoms with Gasteiger partial charge in [-0.1, -0.05) is 0 Å². The number of hydrogen-bond donors (Lipinski definition) is 1. The molecule has 1 saturated carbocycles. The lowest BCUT2D eigenvalue weighted by Gasteiger charge is -2.30. The maximum Gasteiger partial charge on any atom is 0.109 e. The van der Waals surface area contributed by atoms with Crippen molar-refractivity contribution in [1.82, 2.24) is 10.3 Å². The molecule has 0 amide bonds. The van der Waals surface area contributed by atoms with E-state index in [0.717, 1.165) is 6.42 Å². The van der Waals surface area contributed by atoms with Crippen molar-refractivity contribution in [2.75, 3.05) is 7.11 Å². The van der Waals surface area contributed by atoms with Crippen LogP contribution in [0.5, 0.6) is 0 Å². The van der Waals surface area contributed by atoms with Crippen LogP contribution in [-0.4, -0.2) is 24.2 Å². The van der Waals surface area contributed by atoms with Gasteiger partial charge in [-0.05, 0) is 39.5 Å². The van der Waals surface area contributed by atoms with E-state index < -0.39 is 0 Å². The van der Waals surface area contributed by atoms with E-state index in [1.165, 1.54) is 29.1 Å². The Morgan fingerprint density at radius 1 is 1.53 bits per heavy atom. The van der Waals surface area contributed by atoms with Crippen molar-refractivity contribution in [2.45, 2.75) is 57.7 Å². The number of hydrogen-bond acceptors (Lipinski definition) is 4. The van der Waals surface area contributed by atoms with Gasteiger partial charge in [-0.15, -0.1) is 11.3 Å². The Labute approximate surface area is 108 Å². The Balaban J connectivity index is 1.87. The lowest BCUT2D eigenvalue weighted by molar-refractivity contribution is 0.0572. The number of ether oxygens (including phenoxy) is 1. The molecular weight excluding hydrogens is 232 g/mol. The number of thiazole rings is 1. The molecule has 3 nitrogen and oxygen atoms in total. The van der Waals surface area contributed by atoms with Gasteiger partial charge in [0.25, 0.3) is 0 Å². The Hall–Kier alpha value is -0.450. The third-order valence-electron chi connectivity index (χ3n) is 3.45. The number of rotatable bonds is 4. The van der Waals surface area contributed by atoms with Crippen LogP contribution >= 0.6 is 11.3 Å². The molecule has 1 aliphatic rings. The van der Waals surface area contributed by atoms with E-state index in [4.69, 9.17) is 4.74 Å². The summed E-state index contributed by atoms with van der Waals surface area (Å²) in [5, 5.41) is 4.88. The van der Waals surface area contributed by atoms with Crippen LogP contribution < -0.4 is 5.32 Å². The first-order chi connectivity index (χ1) is 8.19. The van der Waals surface area contributed by atoms with E-state index in [2.05, 4.69) is 24.1 Å². The van der Waals surface area contributed by atoms with E-state index in [1.807, 2.05) is 13.3 Å². The first-order valence-electron chi connectivity index (χ1n) is 6.40. The largest absolute Gasteiger partial charge is 0.381 e. The van der Waals surface area contributed by atoms with Crippen LogP contribution in [0, 0.1) is 6.92 Å². The average Bonchev–Trinajstić information content (AvgIpc) is 2.76. The molecule has 0 saturated heterocycles. The van der Waals surface area contributed by atoms with Crippen molar-refractivity contribution >= 4 is 11.3 Å². The standard InChI is InChI=1S/C13H22N2OS/c1-9-8-14-13(17-9)10(2)15-11-5-4-6-12(7-11)16-3/h8,10-12,15H,4-7H2,1-3H3. The van der Waals surface area contributed by atoms with Gasteiger partial charge in [0.05, 0.1) is 12.1 Å². The molecule has 0 spiro atoms. The number of aryl methyl sites for hydroxylation is 1. The smallest absolute Gasteiger partial charge is 0.109 e. The van der Waals surface area contributed by atoms with Crippen molar-refractivity contribution in [3.8, 4) is 0 Å². The van der Waals surface area contributed by atoms with Gasteiger partial charge in [0.1, 0.15) is 5.01 Å². The molecule has 1 aliphatic carbocycles. The highest BCUT2D eigenvalue weighted by Crippen LogP contribution is 2.25. The highest BCUT2D eigenvalue weighted by molar-refractivity contribution is 7.11. The monoisotopic (exact) mass is 254 g/mol. The minimum absolute atomic E-state index is 0.356. The van der Waals surface area contributed by atoms with E-state index in [1.54, 1.807) is 11.3 Å². The molecule has 2 rings (SSSR count). The van der Waals surface area contributed by atoms with Crippen LogP contribution in [0.2, 0.25) is 0 Å². The minimum atomic E-state index is 0.356. The summed E-state index contributed by atoms with van der Waals surface area (Å²) in [6.45, 7) is 4.31. The molecular formula is C13H22N2OS. The van der Waals surface area contributed by atoms with Gasteiger partial charge in [0, 0.05) is 24.2 Å². The second-order valence-electron chi connectivity index (χ2n) is 4.92. The first-order valence-corrected chi connectivity index (χ1v) is 7.22. The number of methoxy groups -OCH3 is 1.